The molecule has 0 unspecified atom stereocenters. The maximum absolute atomic E-state index is 10.9. The fourth-order valence-corrected chi connectivity index (χ4v) is 4.71. The molecule has 4 aromatic rings. The van der Waals surface area contributed by atoms with Gasteiger partial charge in [0.25, 0.3) is 0 Å². The fourth-order valence-electron chi connectivity index (χ4n) is 4.48. The number of carboxylic acids is 1. The molecule has 1 aliphatic carbocycles. The Morgan fingerprint density at radius 1 is 1.14 bits per heavy atom. The minimum absolute atomic E-state index is 0.340. The van der Waals surface area contributed by atoms with Crippen LogP contribution in [0.5, 0.6) is 0 Å². The minimum Gasteiger partial charge on any atom is -0.478 e. The minimum atomic E-state index is -1.02. The number of halogens is 1. The lowest BCUT2D eigenvalue weighted by Gasteiger charge is -2.32. The Morgan fingerprint density at radius 2 is 1.94 bits per heavy atom. The Labute approximate surface area is 207 Å². The molecule has 6 nitrogen and oxygen atoms in total. The molecule has 0 spiro atoms. The van der Waals surface area contributed by atoms with E-state index >= 15 is 0 Å². The smallest absolute Gasteiger partial charge is 0.328 e. The van der Waals surface area contributed by atoms with Gasteiger partial charge in [-0.25, -0.2) is 4.79 Å². The average molecular weight is 481 g/mol. The molecule has 35 heavy (non-hydrogen) atoms. The van der Waals surface area contributed by atoms with Gasteiger partial charge < -0.3 is 5.11 Å². The Balaban J connectivity index is 1.77. The average Bonchev–Trinajstić information content (AvgIpc) is 3.25. The van der Waals surface area contributed by atoms with Crippen LogP contribution in [0.4, 0.5) is 0 Å². The number of aromatic nitrogens is 3. The number of carboxylic acid groups (broad SMARTS) is 1. The zero-order chi connectivity index (χ0) is 24.4. The van der Waals surface area contributed by atoms with Crippen molar-refractivity contribution in [3.05, 3.63) is 100.0 Å². The van der Waals surface area contributed by atoms with E-state index in [1.54, 1.807) is 12.3 Å². The highest BCUT2D eigenvalue weighted by Gasteiger charge is 2.28. The van der Waals surface area contributed by atoms with Crippen LogP contribution in [-0.4, -0.2) is 26.3 Å². The molecule has 2 heterocycles. The third-order valence-electron chi connectivity index (χ3n) is 6.38. The lowest BCUT2D eigenvalue weighted by molar-refractivity contribution is -0.131. The number of fused-ring (bicyclic) bond motifs is 1. The Kier molecular flexibility index (Phi) is 6.17. The molecule has 0 atom stereocenters. The number of pyridine rings is 1. The quantitative estimate of drug-likeness (QED) is 0.247. The zero-order valence-corrected chi connectivity index (χ0v) is 19.5. The van der Waals surface area contributed by atoms with E-state index in [0.717, 1.165) is 64.1 Å². The fraction of sp³-hybridized carbons (Fsp3) is 0.143. The summed E-state index contributed by atoms with van der Waals surface area (Å²) < 4.78 is 0. The zero-order valence-electron chi connectivity index (χ0n) is 18.7. The number of nitriles is 1. The van der Waals surface area contributed by atoms with Gasteiger partial charge in [-0.1, -0.05) is 48.4 Å². The molecular formula is C28H21ClN4O2. The summed E-state index contributed by atoms with van der Waals surface area (Å²) in [5.41, 5.74) is 6.65. The number of hydrogen-bond donors (Lipinski definition) is 2. The van der Waals surface area contributed by atoms with Crippen LogP contribution in [0.25, 0.3) is 28.1 Å². The van der Waals surface area contributed by atoms with Crippen molar-refractivity contribution in [3.8, 4) is 6.07 Å². The predicted molar refractivity (Wildman–Crippen MR) is 136 cm³/mol. The topological polar surface area (TPSA) is 103 Å². The van der Waals surface area contributed by atoms with Gasteiger partial charge in [0.15, 0.2) is 5.69 Å². The summed E-state index contributed by atoms with van der Waals surface area (Å²) in [5, 5.41) is 26.9. The maximum Gasteiger partial charge on any atom is 0.328 e. The second-order valence-corrected chi connectivity index (χ2v) is 8.89. The third-order valence-corrected chi connectivity index (χ3v) is 6.71. The van der Waals surface area contributed by atoms with Crippen LogP contribution in [0, 0.1) is 17.2 Å². The van der Waals surface area contributed by atoms with Crippen molar-refractivity contribution in [1.29, 1.82) is 5.26 Å². The Morgan fingerprint density at radius 3 is 2.60 bits per heavy atom. The second kappa shape index (κ2) is 9.57. The van der Waals surface area contributed by atoms with Crippen LogP contribution in [0.2, 0.25) is 5.02 Å². The molecule has 2 aromatic carbocycles. The number of rotatable bonds is 6. The molecule has 2 N–H and O–H groups in total. The number of allylic oxidation sites excluding steroid dienone is 1. The Hall–Kier alpha value is -4.21. The van der Waals surface area contributed by atoms with Crippen LogP contribution in [0.3, 0.4) is 0 Å². The summed E-state index contributed by atoms with van der Waals surface area (Å²) in [6, 6.07) is 19.7. The highest BCUT2D eigenvalue weighted by atomic mass is 35.5. The number of benzene rings is 2. The van der Waals surface area contributed by atoms with E-state index in [1.165, 1.54) is 6.08 Å². The molecular weight excluding hydrogens is 460 g/mol. The first kappa shape index (κ1) is 22.6. The van der Waals surface area contributed by atoms with Crippen molar-refractivity contribution in [2.24, 2.45) is 5.92 Å². The number of aromatic amines is 1. The normalized spacial score (nSPS) is 14.5. The number of H-pyrrole nitrogens is 1. The molecule has 0 amide bonds. The van der Waals surface area contributed by atoms with E-state index in [-0.39, 0.29) is 0 Å². The first-order valence-corrected chi connectivity index (χ1v) is 11.7. The molecule has 0 saturated heterocycles. The molecule has 0 bridgehead atoms. The van der Waals surface area contributed by atoms with Gasteiger partial charge in [0.2, 0.25) is 0 Å². The highest BCUT2D eigenvalue weighted by molar-refractivity contribution is 6.32. The number of carbonyl (C=O) groups is 1. The van der Waals surface area contributed by atoms with Gasteiger partial charge in [-0.05, 0) is 71.4 Å². The number of aliphatic carboxylic acids is 1. The first-order chi connectivity index (χ1) is 17.0. The molecule has 1 saturated carbocycles. The molecule has 172 valence electrons. The lowest BCUT2D eigenvalue weighted by Crippen LogP contribution is -2.15. The molecule has 5 rings (SSSR count). The van der Waals surface area contributed by atoms with Crippen LogP contribution in [0.1, 0.15) is 47.3 Å². The first-order valence-electron chi connectivity index (χ1n) is 11.3. The summed E-state index contributed by atoms with van der Waals surface area (Å²) in [4.78, 5) is 15.4. The van der Waals surface area contributed by atoms with Crippen molar-refractivity contribution < 1.29 is 9.90 Å². The van der Waals surface area contributed by atoms with Gasteiger partial charge in [0.1, 0.15) is 6.07 Å². The largest absolute Gasteiger partial charge is 0.478 e. The Bertz CT molecular complexity index is 1520. The van der Waals surface area contributed by atoms with Crippen molar-refractivity contribution in [2.45, 2.75) is 19.3 Å². The van der Waals surface area contributed by atoms with Crippen molar-refractivity contribution in [2.75, 3.05) is 0 Å². The number of nitrogens with one attached hydrogen (secondary N) is 1. The monoisotopic (exact) mass is 480 g/mol. The molecule has 1 fully saturated rings. The van der Waals surface area contributed by atoms with E-state index < -0.39 is 5.97 Å². The maximum atomic E-state index is 10.9. The summed E-state index contributed by atoms with van der Waals surface area (Å²) in [5.74, 6) is -0.684. The molecule has 1 aliphatic rings. The van der Waals surface area contributed by atoms with Crippen LogP contribution >= 0.6 is 11.6 Å². The number of nitrogens with zero attached hydrogens (tertiary/aromatic N) is 3. The van der Waals surface area contributed by atoms with E-state index in [4.69, 9.17) is 16.7 Å². The molecule has 0 aliphatic heterocycles. The van der Waals surface area contributed by atoms with Gasteiger partial charge in [0.05, 0.1) is 11.2 Å². The molecule has 2 aromatic heterocycles. The number of hydrogen-bond acceptors (Lipinski definition) is 4. The van der Waals surface area contributed by atoms with E-state index in [0.29, 0.717) is 22.3 Å². The van der Waals surface area contributed by atoms with Gasteiger partial charge >= 0.3 is 5.97 Å². The lowest BCUT2D eigenvalue weighted by atomic mass is 9.73. The summed E-state index contributed by atoms with van der Waals surface area (Å²) in [6.07, 6.45) is 7.58. The highest BCUT2D eigenvalue weighted by Crippen LogP contribution is 2.46. The van der Waals surface area contributed by atoms with E-state index in [9.17, 15) is 10.1 Å². The SMILES string of the molecule is N#Cc1n[nH]c2ccc(/C(=C(/c3ccccc3Cl)C3CCC3)c3ccc(/C=C/C(=O)O)nc3)cc12. The van der Waals surface area contributed by atoms with Crippen LogP contribution in [-0.2, 0) is 4.79 Å². The summed E-state index contributed by atoms with van der Waals surface area (Å²) >= 11 is 6.71. The van der Waals surface area contributed by atoms with Gasteiger partial charge in [-0.15, -0.1) is 0 Å². The van der Waals surface area contributed by atoms with Gasteiger partial charge in [0, 0.05) is 28.2 Å². The molecule has 7 heteroatoms. The van der Waals surface area contributed by atoms with Crippen molar-refractivity contribution >= 4 is 45.7 Å². The summed E-state index contributed by atoms with van der Waals surface area (Å²) in [6.45, 7) is 0. The van der Waals surface area contributed by atoms with Gasteiger partial charge in [-0.2, -0.15) is 10.4 Å². The third kappa shape index (κ3) is 4.46. The summed E-state index contributed by atoms with van der Waals surface area (Å²) in [7, 11) is 0. The van der Waals surface area contributed by atoms with Gasteiger partial charge in [-0.3, -0.25) is 10.1 Å². The van der Waals surface area contributed by atoms with Crippen molar-refractivity contribution in [3.63, 3.8) is 0 Å². The second-order valence-electron chi connectivity index (χ2n) is 8.48. The predicted octanol–water partition coefficient (Wildman–Crippen LogP) is 6.34. The van der Waals surface area contributed by atoms with Crippen molar-refractivity contribution in [1.82, 2.24) is 15.2 Å². The van der Waals surface area contributed by atoms with Crippen LogP contribution < -0.4 is 0 Å². The van der Waals surface area contributed by atoms with E-state index in [2.05, 4.69) is 21.3 Å². The van der Waals surface area contributed by atoms with E-state index in [1.807, 2.05) is 48.5 Å². The standard InChI is InChI=1S/C28H21ClN4O2/c29-23-7-2-1-6-21(23)28(17-4-3-5-17)27(19-8-10-20(31-16-19)11-13-26(34)35)18-9-12-24-22(14-18)25(15-30)33-32-24/h1-2,6-14,16-17H,3-5H2,(H,32,33)(H,34,35)/b13-11+,28-27-. The molecule has 0 radical (unpaired) electrons. The van der Waals surface area contributed by atoms with Crippen LogP contribution in [0.15, 0.2) is 66.9 Å².